The molecule has 1 rings (SSSR count). The Morgan fingerprint density at radius 3 is 2.59 bits per heavy atom. The first kappa shape index (κ1) is 13.7. The normalized spacial score (nSPS) is 25.6. The number of ether oxygens (including phenoxy) is 1. The minimum absolute atomic E-state index is 0.0699. The van der Waals surface area contributed by atoms with Crippen LogP contribution in [0.3, 0.4) is 0 Å². The number of hydrogen-bond acceptors (Lipinski definition) is 3. The molecule has 0 aromatic rings. The molecule has 0 spiro atoms. The molecule has 17 heavy (non-hydrogen) atoms. The summed E-state index contributed by atoms with van der Waals surface area (Å²) < 4.78 is 5.48. The zero-order valence-corrected chi connectivity index (χ0v) is 10.3. The molecular weight excluding hydrogens is 214 g/mol. The quantitative estimate of drug-likeness (QED) is 0.685. The number of Topliss-reactive ketones (excluding diaryl/α,β-unsaturated/α-hetero) is 1. The van der Waals surface area contributed by atoms with Gasteiger partial charge < -0.3 is 4.74 Å². The van der Waals surface area contributed by atoms with E-state index in [9.17, 15) is 4.79 Å². The van der Waals surface area contributed by atoms with Gasteiger partial charge in [-0.05, 0) is 31.6 Å². The number of terminal acetylenes is 1. The SMILES string of the molecule is C#CCOC1CCC(C(C#N)C(=O)CC)CC1. The van der Waals surface area contributed by atoms with E-state index in [0.29, 0.717) is 13.0 Å². The molecule has 3 heteroatoms. The van der Waals surface area contributed by atoms with E-state index in [1.54, 1.807) is 0 Å². The van der Waals surface area contributed by atoms with Crippen LogP contribution in [0.5, 0.6) is 0 Å². The number of nitriles is 1. The lowest BCUT2D eigenvalue weighted by molar-refractivity contribution is -0.123. The summed E-state index contributed by atoms with van der Waals surface area (Å²) in [6.07, 6.45) is 9.38. The number of hydrogen-bond donors (Lipinski definition) is 0. The van der Waals surface area contributed by atoms with Gasteiger partial charge in [0.15, 0.2) is 0 Å². The average Bonchev–Trinajstić information content (AvgIpc) is 2.38. The van der Waals surface area contributed by atoms with Crippen molar-refractivity contribution < 1.29 is 9.53 Å². The second-order valence-electron chi connectivity index (χ2n) is 4.48. The highest BCUT2D eigenvalue weighted by molar-refractivity contribution is 5.83. The van der Waals surface area contributed by atoms with Gasteiger partial charge in [0.1, 0.15) is 18.3 Å². The van der Waals surface area contributed by atoms with E-state index in [1.165, 1.54) is 0 Å². The molecule has 92 valence electrons. The summed E-state index contributed by atoms with van der Waals surface area (Å²) in [7, 11) is 0. The summed E-state index contributed by atoms with van der Waals surface area (Å²) in [5.74, 6) is 2.31. The Morgan fingerprint density at radius 1 is 1.47 bits per heavy atom. The van der Waals surface area contributed by atoms with Gasteiger partial charge in [-0.15, -0.1) is 6.42 Å². The molecule has 0 saturated heterocycles. The van der Waals surface area contributed by atoms with Gasteiger partial charge in [-0.2, -0.15) is 5.26 Å². The van der Waals surface area contributed by atoms with Crippen LogP contribution in [0, 0.1) is 35.5 Å². The van der Waals surface area contributed by atoms with Crippen molar-refractivity contribution in [3.8, 4) is 18.4 Å². The average molecular weight is 233 g/mol. The van der Waals surface area contributed by atoms with Crippen molar-refractivity contribution in [3.63, 3.8) is 0 Å². The van der Waals surface area contributed by atoms with Gasteiger partial charge in [-0.1, -0.05) is 12.8 Å². The molecule has 1 aliphatic carbocycles. The Hall–Kier alpha value is -1.32. The van der Waals surface area contributed by atoms with E-state index in [4.69, 9.17) is 16.4 Å². The van der Waals surface area contributed by atoms with Gasteiger partial charge in [0.25, 0.3) is 0 Å². The highest BCUT2D eigenvalue weighted by Crippen LogP contribution is 2.32. The smallest absolute Gasteiger partial charge is 0.150 e. The maximum atomic E-state index is 11.6. The summed E-state index contributed by atoms with van der Waals surface area (Å²) in [4.78, 5) is 11.6. The number of carbonyl (C=O) groups is 1. The predicted octanol–water partition coefficient (Wildman–Crippen LogP) is 2.31. The molecule has 1 unspecified atom stereocenters. The van der Waals surface area contributed by atoms with Crippen LogP contribution >= 0.6 is 0 Å². The van der Waals surface area contributed by atoms with E-state index in [0.717, 1.165) is 25.7 Å². The molecule has 0 aromatic carbocycles. The number of carbonyl (C=O) groups excluding carboxylic acids is 1. The zero-order chi connectivity index (χ0) is 12.7. The molecule has 0 aliphatic heterocycles. The minimum atomic E-state index is -0.423. The summed E-state index contributed by atoms with van der Waals surface area (Å²) >= 11 is 0. The minimum Gasteiger partial charge on any atom is -0.366 e. The second-order valence-corrected chi connectivity index (χ2v) is 4.48. The van der Waals surface area contributed by atoms with Gasteiger partial charge >= 0.3 is 0 Å². The lowest BCUT2D eigenvalue weighted by Crippen LogP contribution is -2.29. The van der Waals surface area contributed by atoms with Crippen LogP contribution in [-0.4, -0.2) is 18.5 Å². The number of ketones is 1. The lowest BCUT2D eigenvalue weighted by atomic mass is 9.77. The molecule has 0 radical (unpaired) electrons. The maximum absolute atomic E-state index is 11.6. The van der Waals surface area contributed by atoms with Crippen LogP contribution < -0.4 is 0 Å². The van der Waals surface area contributed by atoms with Crippen molar-refractivity contribution >= 4 is 5.78 Å². The summed E-state index contributed by atoms with van der Waals surface area (Å²) in [5, 5.41) is 9.06. The molecule has 1 atom stereocenters. The van der Waals surface area contributed by atoms with Crippen molar-refractivity contribution in [1.82, 2.24) is 0 Å². The largest absolute Gasteiger partial charge is 0.366 e. The first-order valence-corrected chi connectivity index (χ1v) is 6.20. The third-order valence-corrected chi connectivity index (χ3v) is 3.43. The fourth-order valence-corrected chi connectivity index (χ4v) is 2.41. The van der Waals surface area contributed by atoms with Crippen molar-refractivity contribution in [3.05, 3.63) is 0 Å². The Kier molecular flexibility index (Phi) is 5.73. The van der Waals surface area contributed by atoms with E-state index in [1.807, 2.05) is 6.92 Å². The number of rotatable bonds is 5. The Labute approximate surface area is 103 Å². The van der Waals surface area contributed by atoms with E-state index < -0.39 is 5.92 Å². The summed E-state index contributed by atoms with van der Waals surface area (Å²) in [5.41, 5.74) is 0. The molecule has 0 heterocycles. The molecular formula is C14H19NO2. The van der Waals surface area contributed by atoms with E-state index in [-0.39, 0.29) is 17.8 Å². The van der Waals surface area contributed by atoms with Gasteiger partial charge in [-0.3, -0.25) is 4.79 Å². The van der Waals surface area contributed by atoms with Crippen LogP contribution in [0.4, 0.5) is 0 Å². The van der Waals surface area contributed by atoms with Gasteiger partial charge in [0, 0.05) is 6.42 Å². The van der Waals surface area contributed by atoms with Gasteiger partial charge in [-0.25, -0.2) is 0 Å². The predicted molar refractivity (Wildman–Crippen MR) is 64.9 cm³/mol. The topological polar surface area (TPSA) is 50.1 Å². The van der Waals surface area contributed by atoms with Crippen LogP contribution in [0.2, 0.25) is 0 Å². The molecule has 3 nitrogen and oxygen atoms in total. The maximum Gasteiger partial charge on any atom is 0.150 e. The third-order valence-electron chi connectivity index (χ3n) is 3.43. The Balaban J connectivity index is 2.43. The first-order chi connectivity index (χ1) is 8.22. The Bertz CT molecular complexity index is 329. The molecule has 1 saturated carbocycles. The molecule has 1 fully saturated rings. The lowest BCUT2D eigenvalue weighted by Gasteiger charge is -2.30. The molecule has 0 bridgehead atoms. The van der Waals surface area contributed by atoms with Crippen molar-refractivity contribution in [2.45, 2.75) is 45.1 Å². The van der Waals surface area contributed by atoms with Gasteiger partial charge in [0.2, 0.25) is 0 Å². The fraction of sp³-hybridized carbons (Fsp3) is 0.714. The van der Waals surface area contributed by atoms with Gasteiger partial charge in [0.05, 0.1) is 12.2 Å². The second kappa shape index (κ2) is 7.09. The summed E-state index contributed by atoms with van der Waals surface area (Å²) in [6.45, 7) is 2.17. The monoisotopic (exact) mass is 233 g/mol. The fourth-order valence-electron chi connectivity index (χ4n) is 2.41. The first-order valence-electron chi connectivity index (χ1n) is 6.20. The molecule has 0 N–H and O–H groups in total. The molecule has 0 amide bonds. The molecule has 1 aliphatic rings. The third kappa shape index (κ3) is 3.88. The highest BCUT2D eigenvalue weighted by atomic mass is 16.5. The molecule has 0 aromatic heterocycles. The van der Waals surface area contributed by atoms with Crippen LogP contribution in [-0.2, 0) is 9.53 Å². The van der Waals surface area contributed by atoms with E-state index >= 15 is 0 Å². The van der Waals surface area contributed by atoms with Crippen LogP contribution in [0.15, 0.2) is 0 Å². The van der Waals surface area contributed by atoms with Crippen LogP contribution in [0.1, 0.15) is 39.0 Å². The summed E-state index contributed by atoms with van der Waals surface area (Å²) in [6, 6.07) is 2.16. The van der Waals surface area contributed by atoms with Crippen LogP contribution in [0.25, 0.3) is 0 Å². The Morgan fingerprint density at radius 2 is 2.12 bits per heavy atom. The number of nitrogens with zero attached hydrogens (tertiary/aromatic N) is 1. The van der Waals surface area contributed by atoms with Crippen molar-refractivity contribution in [2.24, 2.45) is 11.8 Å². The standard InChI is InChI=1S/C14H19NO2/c1-3-9-17-12-7-5-11(6-8-12)13(10-15)14(16)4-2/h1,11-13H,4-9H2,2H3. The zero-order valence-electron chi connectivity index (χ0n) is 10.3. The highest BCUT2D eigenvalue weighted by Gasteiger charge is 2.31. The van der Waals surface area contributed by atoms with E-state index in [2.05, 4.69) is 12.0 Å². The van der Waals surface area contributed by atoms with Crippen molar-refractivity contribution in [2.75, 3.05) is 6.61 Å². The van der Waals surface area contributed by atoms with Crippen molar-refractivity contribution in [1.29, 1.82) is 5.26 Å².